The zero-order valence-corrected chi connectivity index (χ0v) is 9.31. The Hall–Kier alpha value is -1.95. The van der Waals surface area contributed by atoms with Crippen LogP contribution >= 0.6 is 0 Å². The van der Waals surface area contributed by atoms with Crippen molar-refractivity contribution in [1.29, 1.82) is 0 Å². The van der Waals surface area contributed by atoms with Crippen molar-refractivity contribution in [2.24, 2.45) is 4.99 Å². The van der Waals surface area contributed by atoms with Crippen molar-refractivity contribution >= 4 is 23.8 Å². The van der Waals surface area contributed by atoms with Crippen molar-refractivity contribution in [3.8, 4) is 12.5 Å². The summed E-state index contributed by atoms with van der Waals surface area (Å²) in [5.41, 5.74) is 11.2. The fourth-order valence-corrected chi connectivity index (χ4v) is 1.56. The molecule has 0 bridgehead atoms. The van der Waals surface area contributed by atoms with E-state index in [1.807, 2.05) is 20.8 Å². The number of nitrogen functional groups attached to an aromatic ring is 1. The number of aliphatic imine (C=N–C) groups is 1. The minimum Gasteiger partial charge on any atom is -0.397 e. The Morgan fingerprint density at radius 2 is 1.87 bits per heavy atom. The van der Waals surface area contributed by atoms with Gasteiger partial charge in [-0.05, 0) is 44.2 Å². The molecule has 0 amide bonds. The molecule has 0 saturated heterocycles. The topological polar surface area (TPSA) is 50.4 Å². The molecule has 0 aliphatic carbocycles. The summed E-state index contributed by atoms with van der Waals surface area (Å²) in [4.78, 5) is 3.96. The Morgan fingerprint density at radius 1 is 1.27 bits per heavy atom. The van der Waals surface area contributed by atoms with Crippen LogP contribution in [0.25, 0.3) is 0 Å². The summed E-state index contributed by atoms with van der Waals surface area (Å²) in [6.07, 6.45) is 5.21. The first-order valence-electron chi connectivity index (χ1n) is 4.62. The molecule has 0 heterocycles. The van der Waals surface area contributed by atoms with E-state index in [0.29, 0.717) is 11.4 Å². The zero-order chi connectivity index (χ0) is 11.6. The van der Waals surface area contributed by atoms with Crippen LogP contribution < -0.4 is 11.1 Å². The van der Waals surface area contributed by atoms with E-state index < -0.39 is 0 Å². The lowest BCUT2D eigenvalue weighted by Crippen LogP contribution is -2.02. The van der Waals surface area contributed by atoms with Gasteiger partial charge in [-0.15, -0.1) is 0 Å². The van der Waals surface area contributed by atoms with Gasteiger partial charge in [0.25, 0.3) is 0 Å². The Morgan fingerprint density at radius 3 is 2.33 bits per heavy atom. The first kappa shape index (κ1) is 11.1. The molecule has 0 aliphatic heterocycles. The Labute approximate surface area is 90.4 Å². The molecule has 3 heteroatoms. The molecule has 0 fully saturated rings. The highest BCUT2D eigenvalue weighted by Gasteiger charge is 2.14. The molecular formula is C12H15N3. The number of benzene rings is 1. The Balaban J connectivity index is 3.63. The van der Waals surface area contributed by atoms with E-state index in [2.05, 4.69) is 23.1 Å². The molecule has 0 radical (unpaired) electrons. The normalized spacial score (nSPS) is 9.47. The number of hydrogen-bond donors (Lipinski definition) is 2. The molecule has 0 aliphatic rings. The van der Waals surface area contributed by atoms with Crippen molar-refractivity contribution in [1.82, 2.24) is 0 Å². The quantitative estimate of drug-likeness (QED) is 0.334. The minimum absolute atomic E-state index is 0.637. The van der Waals surface area contributed by atoms with Crippen LogP contribution in [-0.4, -0.2) is 6.72 Å². The fourth-order valence-electron chi connectivity index (χ4n) is 1.56. The summed E-state index contributed by atoms with van der Waals surface area (Å²) < 4.78 is 0. The molecule has 0 aromatic heterocycles. The highest BCUT2D eigenvalue weighted by molar-refractivity contribution is 5.87. The molecule has 1 rings (SSSR count). The summed E-state index contributed by atoms with van der Waals surface area (Å²) in [7, 11) is 0. The minimum atomic E-state index is 0.637. The van der Waals surface area contributed by atoms with Crippen LogP contribution in [0.1, 0.15) is 16.7 Å². The van der Waals surface area contributed by atoms with Gasteiger partial charge in [-0.25, -0.2) is 0 Å². The Kier molecular flexibility index (Phi) is 3.01. The number of nitrogens with zero attached hydrogens (tertiary/aromatic N) is 1. The number of rotatable bonds is 2. The summed E-state index contributed by atoms with van der Waals surface area (Å²) in [6, 6.07) is 2.36. The lowest BCUT2D eigenvalue weighted by molar-refractivity contribution is 1.26. The van der Waals surface area contributed by atoms with Gasteiger partial charge in [0.2, 0.25) is 0 Å². The fraction of sp³-hybridized carbons (Fsp3) is 0.250. The lowest BCUT2D eigenvalue weighted by Gasteiger charge is -2.16. The number of hydrogen-bond acceptors (Lipinski definition) is 3. The standard InChI is InChI=1S/C12H15N3/c1-6-15-12-10(13)8(3)7(2)9(4)11(12)14-5/h1,15H,5,13H2,2-4H3. The largest absolute Gasteiger partial charge is 0.397 e. The maximum absolute atomic E-state index is 5.97. The highest BCUT2D eigenvalue weighted by Crippen LogP contribution is 2.38. The molecule has 3 N–H and O–H groups in total. The smallest absolute Gasteiger partial charge is 0.0955 e. The van der Waals surface area contributed by atoms with Gasteiger partial charge in [-0.3, -0.25) is 4.99 Å². The van der Waals surface area contributed by atoms with E-state index >= 15 is 0 Å². The van der Waals surface area contributed by atoms with E-state index in [4.69, 9.17) is 12.2 Å². The van der Waals surface area contributed by atoms with E-state index in [1.54, 1.807) is 0 Å². The van der Waals surface area contributed by atoms with Crippen molar-refractivity contribution in [2.75, 3.05) is 11.1 Å². The molecule has 1 aromatic rings. The summed E-state index contributed by atoms with van der Waals surface area (Å²) >= 11 is 0. The first-order chi connectivity index (χ1) is 7.04. The van der Waals surface area contributed by atoms with E-state index in [0.717, 1.165) is 22.4 Å². The second kappa shape index (κ2) is 4.05. The maximum Gasteiger partial charge on any atom is 0.0955 e. The van der Waals surface area contributed by atoms with Crippen LogP contribution in [-0.2, 0) is 0 Å². The second-order valence-corrected chi connectivity index (χ2v) is 3.44. The van der Waals surface area contributed by atoms with Crippen molar-refractivity contribution < 1.29 is 0 Å². The molecule has 1 aromatic carbocycles. The van der Waals surface area contributed by atoms with Crippen molar-refractivity contribution in [3.05, 3.63) is 16.7 Å². The third-order valence-corrected chi connectivity index (χ3v) is 2.75. The average Bonchev–Trinajstić information content (AvgIpc) is 2.24. The van der Waals surface area contributed by atoms with Gasteiger partial charge in [-0.2, -0.15) is 0 Å². The summed E-state index contributed by atoms with van der Waals surface area (Å²) in [6.45, 7) is 9.49. The third-order valence-electron chi connectivity index (χ3n) is 2.75. The molecule has 0 saturated carbocycles. The predicted molar refractivity (Wildman–Crippen MR) is 66.7 cm³/mol. The summed E-state index contributed by atoms with van der Waals surface area (Å²) in [5, 5.41) is 2.77. The molecule has 78 valence electrons. The van der Waals surface area contributed by atoms with Crippen molar-refractivity contribution in [2.45, 2.75) is 20.8 Å². The monoisotopic (exact) mass is 201 g/mol. The van der Waals surface area contributed by atoms with Gasteiger partial charge >= 0.3 is 0 Å². The molecular weight excluding hydrogens is 186 g/mol. The van der Waals surface area contributed by atoms with Gasteiger partial charge in [0, 0.05) is 6.04 Å². The van der Waals surface area contributed by atoms with E-state index in [1.165, 1.54) is 0 Å². The molecule has 0 spiro atoms. The maximum atomic E-state index is 5.97. The number of nitrogens with one attached hydrogen (secondary N) is 1. The van der Waals surface area contributed by atoms with Crippen LogP contribution in [0.15, 0.2) is 4.99 Å². The molecule has 0 unspecified atom stereocenters. The van der Waals surface area contributed by atoms with Gasteiger partial charge in [0.15, 0.2) is 0 Å². The van der Waals surface area contributed by atoms with Gasteiger partial charge in [-0.1, -0.05) is 6.42 Å². The van der Waals surface area contributed by atoms with Crippen LogP contribution in [0.2, 0.25) is 0 Å². The first-order valence-corrected chi connectivity index (χ1v) is 4.62. The second-order valence-electron chi connectivity index (χ2n) is 3.44. The van der Waals surface area contributed by atoms with Crippen LogP contribution in [0.3, 0.4) is 0 Å². The number of anilines is 2. The SMILES string of the molecule is C#CNc1c(N)c(C)c(C)c(C)c1N=C. The van der Waals surface area contributed by atoms with Gasteiger partial charge in [0.1, 0.15) is 0 Å². The highest BCUT2D eigenvalue weighted by atomic mass is 14.9. The average molecular weight is 201 g/mol. The van der Waals surface area contributed by atoms with Gasteiger partial charge in [0.05, 0.1) is 17.1 Å². The molecule has 3 nitrogen and oxygen atoms in total. The Bertz CT molecular complexity index is 453. The van der Waals surface area contributed by atoms with Crippen LogP contribution in [0, 0.1) is 33.2 Å². The lowest BCUT2D eigenvalue weighted by atomic mass is 9.99. The number of nitrogens with two attached hydrogens (primary N) is 1. The van der Waals surface area contributed by atoms with Crippen molar-refractivity contribution in [3.63, 3.8) is 0 Å². The molecule has 0 atom stereocenters. The van der Waals surface area contributed by atoms with Crippen LogP contribution in [0.4, 0.5) is 17.1 Å². The third kappa shape index (κ3) is 1.66. The van der Waals surface area contributed by atoms with E-state index in [-0.39, 0.29) is 0 Å². The summed E-state index contributed by atoms with van der Waals surface area (Å²) in [5.74, 6) is 0. The molecule has 15 heavy (non-hydrogen) atoms. The predicted octanol–water partition coefficient (Wildman–Crippen LogP) is 2.53. The van der Waals surface area contributed by atoms with Crippen LogP contribution in [0.5, 0.6) is 0 Å². The van der Waals surface area contributed by atoms with E-state index in [9.17, 15) is 0 Å². The number of terminal acetylenes is 1. The van der Waals surface area contributed by atoms with Gasteiger partial charge < -0.3 is 11.1 Å². The zero-order valence-electron chi connectivity index (χ0n) is 9.31.